The van der Waals surface area contributed by atoms with Gasteiger partial charge in [-0.15, -0.1) is 0 Å². The zero-order valence-corrected chi connectivity index (χ0v) is 15.9. The minimum atomic E-state index is -2.51. The molecule has 28 heavy (non-hydrogen) atoms. The van der Waals surface area contributed by atoms with Crippen LogP contribution < -0.4 is 10.1 Å². The van der Waals surface area contributed by atoms with Crippen molar-refractivity contribution in [1.82, 2.24) is 14.8 Å². The predicted octanol–water partition coefficient (Wildman–Crippen LogP) is 4.03. The van der Waals surface area contributed by atoms with E-state index >= 15 is 0 Å². The first-order chi connectivity index (χ1) is 13.3. The van der Waals surface area contributed by atoms with Gasteiger partial charge in [0.15, 0.2) is 0 Å². The molecular formula is C20H22F2N4O2. The summed E-state index contributed by atoms with van der Waals surface area (Å²) in [7, 11) is 0. The Morgan fingerprint density at radius 2 is 2.07 bits per heavy atom. The molecule has 6 nitrogen and oxygen atoms in total. The van der Waals surface area contributed by atoms with Gasteiger partial charge in [0.05, 0.1) is 17.4 Å². The zero-order valence-electron chi connectivity index (χ0n) is 15.9. The molecule has 0 fully saturated rings. The van der Waals surface area contributed by atoms with Crippen LogP contribution in [0.2, 0.25) is 0 Å². The van der Waals surface area contributed by atoms with Crippen LogP contribution in [0.4, 0.5) is 14.6 Å². The predicted molar refractivity (Wildman–Crippen MR) is 103 cm³/mol. The van der Waals surface area contributed by atoms with Crippen molar-refractivity contribution in [1.29, 1.82) is 0 Å². The van der Waals surface area contributed by atoms with Crippen LogP contribution in [0.3, 0.4) is 0 Å². The van der Waals surface area contributed by atoms with E-state index in [1.807, 2.05) is 39.1 Å². The van der Waals surface area contributed by atoms with Gasteiger partial charge in [0.2, 0.25) is 5.91 Å². The number of rotatable bonds is 7. The summed E-state index contributed by atoms with van der Waals surface area (Å²) in [4.78, 5) is 16.2. The molecule has 1 N–H and O–H groups in total. The molecule has 8 heteroatoms. The average molecular weight is 388 g/mol. The van der Waals surface area contributed by atoms with Crippen LogP contribution >= 0.6 is 0 Å². The van der Waals surface area contributed by atoms with Crippen molar-refractivity contribution in [3.05, 3.63) is 47.8 Å². The molecule has 0 saturated carbocycles. The van der Waals surface area contributed by atoms with Crippen molar-refractivity contribution in [2.75, 3.05) is 11.9 Å². The lowest BCUT2D eigenvalue weighted by atomic mass is 10.1. The fourth-order valence-corrected chi connectivity index (χ4v) is 2.75. The zero-order chi connectivity index (χ0) is 20.3. The number of fused-ring (bicyclic) bond motifs is 1. The molecule has 0 unspecified atom stereocenters. The minimum Gasteiger partial charge on any atom is -0.487 e. The molecule has 0 radical (unpaired) electrons. The minimum absolute atomic E-state index is 0.109. The van der Waals surface area contributed by atoms with Gasteiger partial charge < -0.3 is 10.1 Å². The Balaban J connectivity index is 1.79. The summed E-state index contributed by atoms with van der Waals surface area (Å²) in [6.45, 7) is 5.31. The Morgan fingerprint density at radius 3 is 2.75 bits per heavy atom. The fraction of sp³-hybridized carbons (Fsp3) is 0.350. The molecule has 1 amide bonds. The van der Waals surface area contributed by atoms with E-state index in [-0.39, 0.29) is 11.8 Å². The van der Waals surface area contributed by atoms with Crippen LogP contribution in [0.5, 0.6) is 5.75 Å². The number of aryl methyl sites for hydroxylation is 1. The van der Waals surface area contributed by atoms with Gasteiger partial charge in [-0.1, -0.05) is 26.0 Å². The first-order valence-corrected chi connectivity index (χ1v) is 8.97. The molecule has 1 aromatic carbocycles. The molecule has 0 atom stereocenters. The SMILES string of the molecule is Cc1cc(Cn2cc3c(NC(=O)C(C)C)nccc3n2)ccc1OCC(F)F. The highest BCUT2D eigenvalue weighted by atomic mass is 19.3. The molecule has 0 saturated heterocycles. The summed E-state index contributed by atoms with van der Waals surface area (Å²) in [5.41, 5.74) is 2.46. The Bertz CT molecular complexity index is 985. The number of nitrogens with one attached hydrogen (secondary N) is 1. The molecule has 3 aromatic rings. The number of benzene rings is 1. The van der Waals surface area contributed by atoms with Gasteiger partial charge in [0.1, 0.15) is 18.2 Å². The van der Waals surface area contributed by atoms with Crippen molar-refractivity contribution in [2.24, 2.45) is 5.92 Å². The number of aromatic nitrogens is 3. The number of pyridine rings is 1. The Hall–Kier alpha value is -3.03. The molecular weight excluding hydrogens is 366 g/mol. The van der Waals surface area contributed by atoms with E-state index in [1.165, 1.54) is 0 Å². The van der Waals surface area contributed by atoms with Crippen LogP contribution in [0, 0.1) is 12.8 Å². The maximum Gasteiger partial charge on any atom is 0.272 e. The quantitative estimate of drug-likeness (QED) is 0.664. The number of alkyl halides is 2. The van der Waals surface area contributed by atoms with E-state index in [2.05, 4.69) is 15.4 Å². The summed E-state index contributed by atoms with van der Waals surface area (Å²) in [5, 5.41) is 8.10. The number of halogens is 2. The number of anilines is 1. The number of carbonyl (C=O) groups is 1. The van der Waals surface area contributed by atoms with Gasteiger partial charge in [-0.25, -0.2) is 13.8 Å². The highest BCUT2D eigenvalue weighted by Crippen LogP contribution is 2.23. The van der Waals surface area contributed by atoms with Crippen molar-refractivity contribution in [3.8, 4) is 5.75 Å². The summed E-state index contributed by atoms with van der Waals surface area (Å²) in [6.07, 6.45) is 0.929. The molecule has 2 aromatic heterocycles. The van der Waals surface area contributed by atoms with Crippen molar-refractivity contribution < 1.29 is 18.3 Å². The van der Waals surface area contributed by atoms with Gasteiger partial charge in [-0.05, 0) is 30.2 Å². The van der Waals surface area contributed by atoms with Crippen molar-refractivity contribution in [2.45, 2.75) is 33.7 Å². The Labute approximate surface area is 161 Å². The summed E-state index contributed by atoms with van der Waals surface area (Å²) in [5.74, 6) is 0.663. The van der Waals surface area contributed by atoms with Gasteiger partial charge >= 0.3 is 0 Å². The lowest BCUT2D eigenvalue weighted by Gasteiger charge is -2.10. The molecule has 3 rings (SSSR count). The number of amides is 1. The number of hydrogen-bond acceptors (Lipinski definition) is 4. The van der Waals surface area contributed by atoms with E-state index < -0.39 is 13.0 Å². The van der Waals surface area contributed by atoms with Gasteiger partial charge in [-0.3, -0.25) is 9.48 Å². The lowest BCUT2D eigenvalue weighted by Crippen LogP contribution is -2.18. The van der Waals surface area contributed by atoms with Gasteiger partial charge in [0, 0.05) is 18.3 Å². The van der Waals surface area contributed by atoms with Gasteiger partial charge in [-0.2, -0.15) is 5.10 Å². The second-order valence-electron chi connectivity index (χ2n) is 6.86. The first-order valence-electron chi connectivity index (χ1n) is 8.97. The third-order valence-corrected chi connectivity index (χ3v) is 4.20. The lowest BCUT2D eigenvalue weighted by molar-refractivity contribution is -0.118. The monoisotopic (exact) mass is 388 g/mol. The second kappa shape index (κ2) is 8.33. The van der Waals surface area contributed by atoms with Crippen molar-refractivity contribution >= 4 is 22.6 Å². The van der Waals surface area contributed by atoms with E-state index in [9.17, 15) is 13.6 Å². The van der Waals surface area contributed by atoms with Gasteiger partial charge in [0.25, 0.3) is 6.43 Å². The molecule has 0 aliphatic rings. The number of ether oxygens (including phenoxy) is 1. The van der Waals surface area contributed by atoms with E-state index in [4.69, 9.17) is 4.74 Å². The topological polar surface area (TPSA) is 69.0 Å². The standard InChI is InChI=1S/C20H22F2N4O2/c1-12(2)20(27)24-19-15-10-26(25-16(15)6-7-23-19)9-14-4-5-17(13(3)8-14)28-11-18(21)22/h4-8,10,12,18H,9,11H2,1-3H3,(H,23,24,27). The first kappa shape index (κ1) is 19.7. The summed E-state index contributed by atoms with van der Waals surface area (Å²) in [6, 6.07) is 7.17. The largest absolute Gasteiger partial charge is 0.487 e. The highest BCUT2D eigenvalue weighted by Gasteiger charge is 2.13. The van der Waals surface area contributed by atoms with Crippen LogP contribution in [0.15, 0.2) is 36.7 Å². The number of hydrogen-bond donors (Lipinski definition) is 1. The van der Waals surface area contributed by atoms with E-state index in [0.717, 1.165) is 22.0 Å². The van der Waals surface area contributed by atoms with Crippen LogP contribution in [0.1, 0.15) is 25.0 Å². The Morgan fingerprint density at radius 1 is 1.29 bits per heavy atom. The molecule has 2 heterocycles. The second-order valence-corrected chi connectivity index (χ2v) is 6.86. The summed E-state index contributed by atoms with van der Waals surface area (Å²) < 4.78 is 31.5. The van der Waals surface area contributed by atoms with Crippen LogP contribution in [-0.2, 0) is 11.3 Å². The molecule has 0 bridgehead atoms. The molecule has 0 aliphatic heterocycles. The number of nitrogens with zero attached hydrogens (tertiary/aromatic N) is 3. The summed E-state index contributed by atoms with van der Waals surface area (Å²) >= 11 is 0. The third kappa shape index (κ3) is 4.62. The molecule has 148 valence electrons. The van der Waals surface area contributed by atoms with E-state index in [1.54, 1.807) is 23.0 Å². The van der Waals surface area contributed by atoms with Crippen LogP contribution in [0.25, 0.3) is 10.9 Å². The number of carbonyl (C=O) groups excluding carboxylic acids is 1. The maximum atomic E-state index is 12.3. The average Bonchev–Trinajstić information content (AvgIpc) is 3.04. The Kier molecular flexibility index (Phi) is 5.87. The smallest absolute Gasteiger partial charge is 0.272 e. The normalized spacial score (nSPS) is 11.4. The maximum absolute atomic E-state index is 12.3. The van der Waals surface area contributed by atoms with E-state index in [0.29, 0.717) is 18.1 Å². The van der Waals surface area contributed by atoms with Crippen molar-refractivity contribution in [3.63, 3.8) is 0 Å². The third-order valence-electron chi connectivity index (χ3n) is 4.20. The molecule has 0 spiro atoms. The highest BCUT2D eigenvalue weighted by molar-refractivity contribution is 5.99. The molecule has 0 aliphatic carbocycles. The fourth-order valence-electron chi connectivity index (χ4n) is 2.75. The van der Waals surface area contributed by atoms with Crippen LogP contribution in [-0.4, -0.2) is 33.7 Å².